The van der Waals surface area contributed by atoms with E-state index in [-0.39, 0.29) is 0 Å². The van der Waals surface area contributed by atoms with Crippen LogP contribution < -0.4 is 5.32 Å². The van der Waals surface area contributed by atoms with Crippen LogP contribution in [-0.4, -0.2) is 22.9 Å². The van der Waals surface area contributed by atoms with Crippen molar-refractivity contribution in [2.45, 2.75) is 46.0 Å². The van der Waals surface area contributed by atoms with Crippen LogP contribution in [0.15, 0.2) is 0 Å². The maximum absolute atomic E-state index is 4.78. The minimum atomic E-state index is 0.670. The molecule has 1 aromatic heterocycles. The minimum Gasteiger partial charge on any atom is -0.317 e. The summed E-state index contributed by atoms with van der Waals surface area (Å²) in [7, 11) is 2.09. The van der Waals surface area contributed by atoms with Crippen LogP contribution in [0.1, 0.15) is 49.6 Å². The molecule has 1 aromatic rings. The monoisotopic (exact) mass is 235 g/mol. The van der Waals surface area contributed by atoms with E-state index in [1.54, 1.807) is 0 Å². The smallest absolute Gasteiger partial charge is 0.0688 e. The van der Waals surface area contributed by atoms with Crippen molar-refractivity contribution in [1.29, 1.82) is 0 Å². The summed E-state index contributed by atoms with van der Waals surface area (Å²) >= 11 is 0. The minimum absolute atomic E-state index is 0.670. The van der Waals surface area contributed by atoms with E-state index in [0.717, 1.165) is 19.5 Å². The molecule has 0 unspecified atom stereocenters. The van der Waals surface area contributed by atoms with Gasteiger partial charge in [0.2, 0.25) is 0 Å². The number of aryl methyl sites for hydroxylation is 1. The van der Waals surface area contributed by atoms with Crippen molar-refractivity contribution in [3.05, 3.63) is 17.0 Å². The SMILES string of the molecule is Cc1c(C2CCNCC2)nn(C)c1CC(C)C. The third-order valence-electron chi connectivity index (χ3n) is 3.79. The summed E-state index contributed by atoms with van der Waals surface area (Å²) in [6.45, 7) is 9.08. The molecule has 0 aliphatic carbocycles. The molecule has 2 rings (SSSR count). The molecule has 3 heteroatoms. The van der Waals surface area contributed by atoms with E-state index in [2.05, 4.69) is 37.8 Å². The first-order chi connectivity index (χ1) is 8.09. The van der Waals surface area contributed by atoms with Gasteiger partial charge in [-0.15, -0.1) is 0 Å². The van der Waals surface area contributed by atoms with Gasteiger partial charge in [0.05, 0.1) is 5.69 Å². The molecule has 3 nitrogen and oxygen atoms in total. The third kappa shape index (κ3) is 2.71. The predicted molar refractivity (Wildman–Crippen MR) is 71.3 cm³/mol. The molecule has 1 saturated heterocycles. The summed E-state index contributed by atoms with van der Waals surface area (Å²) in [6.07, 6.45) is 3.61. The zero-order valence-electron chi connectivity index (χ0n) is 11.6. The molecule has 1 aliphatic rings. The standard InChI is InChI=1S/C14H25N3/c1-10(2)9-13-11(3)14(16-17(13)4)12-5-7-15-8-6-12/h10,12,15H,5-9H2,1-4H3. The summed E-state index contributed by atoms with van der Waals surface area (Å²) < 4.78 is 2.10. The molecule has 96 valence electrons. The Kier molecular flexibility index (Phi) is 3.87. The van der Waals surface area contributed by atoms with Gasteiger partial charge in [-0.3, -0.25) is 4.68 Å². The number of rotatable bonds is 3. The maximum Gasteiger partial charge on any atom is 0.0688 e. The van der Waals surface area contributed by atoms with Crippen molar-refractivity contribution in [2.75, 3.05) is 13.1 Å². The lowest BCUT2D eigenvalue weighted by molar-refractivity contribution is 0.448. The Hall–Kier alpha value is -0.830. The Morgan fingerprint density at radius 2 is 2.00 bits per heavy atom. The van der Waals surface area contributed by atoms with E-state index in [1.165, 1.54) is 29.8 Å². The van der Waals surface area contributed by atoms with Gasteiger partial charge in [0, 0.05) is 18.7 Å². The molecule has 0 bridgehead atoms. The normalized spacial score (nSPS) is 17.9. The van der Waals surface area contributed by atoms with Gasteiger partial charge in [0.25, 0.3) is 0 Å². The number of nitrogens with one attached hydrogen (secondary N) is 1. The highest BCUT2D eigenvalue weighted by Gasteiger charge is 2.22. The average molecular weight is 235 g/mol. The fraction of sp³-hybridized carbons (Fsp3) is 0.786. The number of aromatic nitrogens is 2. The Morgan fingerprint density at radius 1 is 1.35 bits per heavy atom. The first kappa shape index (κ1) is 12.6. The number of piperidine rings is 1. The Labute approximate surface area is 105 Å². The quantitative estimate of drug-likeness (QED) is 0.872. The van der Waals surface area contributed by atoms with Crippen molar-refractivity contribution >= 4 is 0 Å². The van der Waals surface area contributed by atoms with Crippen LogP contribution in [0, 0.1) is 12.8 Å². The summed E-state index contributed by atoms with van der Waals surface area (Å²) in [5, 5.41) is 8.20. The summed E-state index contributed by atoms with van der Waals surface area (Å²) in [6, 6.07) is 0. The first-order valence-electron chi connectivity index (χ1n) is 6.82. The Morgan fingerprint density at radius 3 is 2.59 bits per heavy atom. The molecule has 0 aromatic carbocycles. The highest BCUT2D eigenvalue weighted by Crippen LogP contribution is 2.29. The summed E-state index contributed by atoms with van der Waals surface area (Å²) in [5.41, 5.74) is 4.21. The molecule has 0 amide bonds. The van der Waals surface area contributed by atoms with Gasteiger partial charge >= 0.3 is 0 Å². The summed E-state index contributed by atoms with van der Waals surface area (Å²) in [5.74, 6) is 1.37. The van der Waals surface area contributed by atoms with E-state index in [1.807, 2.05) is 0 Å². The fourth-order valence-corrected chi connectivity index (χ4v) is 2.84. The van der Waals surface area contributed by atoms with Gasteiger partial charge in [0.1, 0.15) is 0 Å². The number of hydrogen-bond donors (Lipinski definition) is 1. The van der Waals surface area contributed by atoms with E-state index in [0.29, 0.717) is 11.8 Å². The molecule has 1 N–H and O–H groups in total. The molecule has 0 spiro atoms. The van der Waals surface area contributed by atoms with Gasteiger partial charge in [-0.2, -0.15) is 5.10 Å². The molecule has 0 radical (unpaired) electrons. The largest absolute Gasteiger partial charge is 0.317 e. The number of hydrogen-bond acceptors (Lipinski definition) is 2. The van der Waals surface area contributed by atoms with Gasteiger partial charge in [-0.05, 0) is 50.8 Å². The number of nitrogens with zero attached hydrogens (tertiary/aromatic N) is 2. The Bertz CT molecular complexity index is 373. The molecule has 0 atom stereocenters. The van der Waals surface area contributed by atoms with Gasteiger partial charge in [0.15, 0.2) is 0 Å². The summed E-state index contributed by atoms with van der Waals surface area (Å²) in [4.78, 5) is 0. The first-order valence-corrected chi connectivity index (χ1v) is 6.82. The molecule has 17 heavy (non-hydrogen) atoms. The molecular formula is C14H25N3. The zero-order chi connectivity index (χ0) is 12.4. The molecule has 1 aliphatic heterocycles. The molecule has 1 fully saturated rings. The maximum atomic E-state index is 4.78. The lowest BCUT2D eigenvalue weighted by Crippen LogP contribution is -2.27. The van der Waals surface area contributed by atoms with Crippen molar-refractivity contribution in [3.8, 4) is 0 Å². The van der Waals surface area contributed by atoms with Crippen LogP contribution in [0.25, 0.3) is 0 Å². The van der Waals surface area contributed by atoms with E-state index >= 15 is 0 Å². The second kappa shape index (κ2) is 5.21. The van der Waals surface area contributed by atoms with Crippen molar-refractivity contribution in [1.82, 2.24) is 15.1 Å². The van der Waals surface area contributed by atoms with Crippen molar-refractivity contribution < 1.29 is 0 Å². The molecule has 2 heterocycles. The molecule has 0 saturated carbocycles. The zero-order valence-corrected chi connectivity index (χ0v) is 11.6. The predicted octanol–water partition coefficient (Wildman–Crippen LogP) is 2.39. The van der Waals surface area contributed by atoms with E-state index in [9.17, 15) is 0 Å². The van der Waals surface area contributed by atoms with Crippen LogP contribution in [-0.2, 0) is 13.5 Å². The van der Waals surface area contributed by atoms with E-state index < -0.39 is 0 Å². The van der Waals surface area contributed by atoms with Crippen molar-refractivity contribution in [3.63, 3.8) is 0 Å². The molecular weight excluding hydrogens is 210 g/mol. The van der Waals surface area contributed by atoms with E-state index in [4.69, 9.17) is 5.10 Å². The van der Waals surface area contributed by atoms with Crippen molar-refractivity contribution in [2.24, 2.45) is 13.0 Å². The van der Waals surface area contributed by atoms with Gasteiger partial charge < -0.3 is 5.32 Å². The second-order valence-corrected chi connectivity index (χ2v) is 5.70. The average Bonchev–Trinajstić information content (AvgIpc) is 2.58. The Balaban J connectivity index is 2.23. The lowest BCUT2D eigenvalue weighted by Gasteiger charge is -2.21. The van der Waals surface area contributed by atoms with Crippen LogP contribution in [0.3, 0.4) is 0 Å². The van der Waals surface area contributed by atoms with Gasteiger partial charge in [-0.1, -0.05) is 13.8 Å². The third-order valence-corrected chi connectivity index (χ3v) is 3.79. The van der Waals surface area contributed by atoms with Crippen LogP contribution >= 0.6 is 0 Å². The van der Waals surface area contributed by atoms with Gasteiger partial charge in [-0.25, -0.2) is 0 Å². The fourth-order valence-electron chi connectivity index (χ4n) is 2.84. The second-order valence-electron chi connectivity index (χ2n) is 5.70. The van der Waals surface area contributed by atoms with Crippen LogP contribution in [0.5, 0.6) is 0 Å². The van der Waals surface area contributed by atoms with Crippen LogP contribution in [0.4, 0.5) is 0 Å². The lowest BCUT2D eigenvalue weighted by atomic mass is 9.91. The van der Waals surface area contributed by atoms with Crippen LogP contribution in [0.2, 0.25) is 0 Å². The highest BCUT2D eigenvalue weighted by atomic mass is 15.3. The highest BCUT2D eigenvalue weighted by molar-refractivity contribution is 5.28. The topological polar surface area (TPSA) is 29.9 Å².